The molecule has 1 aliphatic heterocycles. The Balaban J connectivity index is 1.32. The average Bonchev–Trinajstić information content (AvgIpc) is 3.35. The van der Waals surface area contributed by atoms with Crippen molar-refractivity contribution < 1.29 is 4.74 Å². The number of nitriles is 1. The van der Waals surface area contributed by atoms with Gasteiger partial charge in [-0.05, 0) is 54.4 Å². The molecule has 6 rings (SSSR count). The number of aromatic nitrogens is 2. The lowest BCUT2D eigenvalue weighted by atomic mass is 9.97. The summed E-state index contributed by atoms with van der Waals surface area (Å²) in [5.74, 6) is 1.99. The maximum absolute atomic E-state index is 10.2. The van der Waals surface area contributed by atoms with Crippen molar-refractivity contribution in [1.82, 2.24) is 14.3 Å². The molecule has 1 saturated heterocycles. The number of hydrogen-bond donors (Lipinski definition) is 0. The van der Waals surface area contributed by atoms with Gasteiger partial charge >= 0.3 is 0 Å². The van der Waals surface area contributed by atoms with Crippen LogP contribution < -0.4 is 9.64 Å². The Labute approximate surface area is 233 Å². The van der Waals surface area contributed by atoms with E-state index in [1.807, 2.05) is 48.5 Å². The van der Waals surface area contributed by atoms with Crippen LogP contribution in [0.5, 0.6) is 5.75 Å². The lowest BCUT2D eigenvalue weighted by Gasteiger charge is -2.37. The van der Waals surface area contributed by atoms with Gasteiger partial charge in [0, 0.05) is 49.7 Å². The third kappa shape index (κ3) is 5.04. The van der Waals surface area contributed by atoms with Crippen molar-refractivity contribution in [2.24, 2.45) is 0 Å². The summed E-state index contributed by atoms with van der Waals surface area (Å²) in [6.07, 6.45) is 0.758. The van der Waals surface area contributed by atoms with E-state index in [2.05, 4.69) is 57.5 Å². The zero-order valence-electron chi connectivity index (χ0n) is 22.0. The summed E-state index contributed by atoms with van der Waals surface area (Å²) in [4.78, 5) is 9.84. The molecule has 0 saturated carbocycles. The molecule has 0 amide bonds. The van der Waals surface area contributed by atoms with E-state index in [0.29, 0.717) is 17.2 Å². The van der Waals surface area contributed by atoms with Crippen LogP contribution in [0.4, 0.5) is 5.82 Å². The van der Waals surface area contributed by atoms with Crippen LogP contribution in [0, 0.1) is 18.3 Å². The van der Waals surface area contributed by atoms with Crippen molar-refractivity contribution in [2.75, 3.05) is 44.2 Å². The number of halogens is 1. The summed E-state index contributed by atoms with van der Waals surface area (Å²) in [5.41, 5.74) is 6.76. The number of fused-ring (bicyclic) bond motifs is 3. The fourth-order valence-corrected chi connectivity index (χ4v) is 5.64. The highest BCUT2D eigenvalue weighted by molar-refractivity contribution is 6.30. The first-order valence-corrected chi connectivity index (χ1v) is 13.7. The smallest absolute Gasteiger partial charge is 0.157 e. The van der Waals surface area contributed by atoms with E-state index < -0.39 is 0 Å². The Morgan fingerprint density at radius 3 is 2.38 bits per heavy atom. The summed E-state index contributed by atoms with van der Waals surface area (Å²) in [7, 11) is 0. The molecule has 1 fully saturated rings. The second kappa shape index (κ2) is 11.0. The highest BCUT2D eigenvalue weighted by Crippen LogP contribution is 2.35. The minimum absolute atomic E-state index is 0.632. The Morgan fingerprint density at radius 1 is 0.923 bits per heavy atom. The molecule has 0 spiro atoms. The molecular formula is C32H30ClN5O. The summed E-state index contributed by atoms with van der Waals surface area (Å²) in [6, 6.07) is 28.7. The fraction of sp³-hybridized carbons (Fsp3) is 0.250. The average molecular weight is 536 g/mol. The van der Waals surface area contributed by atoms with Gasteiger partial charge in [0.15, 0.2) is 5.65 Å². The van der Waals surface area contributed by atoms with Crippen molar-refractivity contribution in [3.05, 3.63) is 106 Å². The van der Waals surface area contributed by atoms with Gasteiger partial charge in [-0.15, -0.1) is 0 Å². The summed E-state index contributed by atoms with van der Waals surface area (Å²) in [6.45, 7) is 7.20. The highest BCUT2D eigenvalue weighted by atomic mass is 35.5. The predicted molar refractivity (Wildman–Crippen MR) is 157 cm³/mol. The molecule has 0 atom stereocenters. The number of anilines is 1. The Bertz CT molecular complexity index is 1650. The van der Waals surface area contributed by atoms with Gasteiger partial charge in [-0.25, -0.2) is 4.98 Å². The van der Waals surface area contributed by atoms with Gasteiger partial charge in [-0.1, -0.05) is 54.1 Å². The normalized spacial score (nSPS) is 14.1. The molecule has 6 nitrogen and oxygen atoms in total. The van der Waals surface area contributed by atoms with Crippen molar-refractivity contribution in [1.29, 1.82) is 5.26 Å². The van der Waals surface area contributed by atoms with Crippen LogP contribution in [-0.4, -0.2) is 53.6 Å². The topological polar surface area (TPSA) is 56.8 Å². The quantitative estimate of drug-likeness (QED) is 0.251. The van der Waals surface area contributed by atoms with Gasteiger partial charge in [0.05, 0.1) is 16.6 Å². The largest absolute Gasteiger partial charge is 0.492 e. The molecule has 0 bridgehead atoms. The van der Waals surface area contributed by atoms with Crippen LogP contribution in [0.15, 0.2) is 78.9 Å². The number of nitrogens with zero attached hydrogens (tertiary/aromatic N) is 5. The SMILES string of the molecule is Cc1c(Cc2ccccc2)c(N2CCN(CCOc3ccc(Cl)cc3)CC2)n2c(nc3ccccc32)c1C#N. The molecule has 0 N–H and O–H groups in total. The molecule has 0 aliphatic carbocycles. The van der Waals surface area contributed by atoms with Crippen LogP contribution in [0.2, 0.25) is 5.02 Å². The van der Waals surface area contributed by atoms with Gasteiger partial charge < -0.3 is 9.64 Å². The third-order valence-corrected chi connectivity index (χ3v) is 7.84. The minimum Gasteiger partial charge on any atom is -0.492 e. The number of piperazine rings is 1. The lowest BCUT2D eigenvalue weighted by molar-refractivity contribution is 0.200. The van der Waals surface area contributed by atoms with E-state index in [1.54, 1.807) is 0 Å². The molecule has 3 aromatic carbocycles. The summed E-state index contributed by atoms with van der Waals surface area (Å²) < 4.78 is 8.16. The van der Waals surface area contributed by atoms with Crippen LogP contribution >= 0.6 is 11.6 Å². The van der Waals surface area contributed by atoms with Crippen LogP contribution in [0.1, 0.15) is 22.3 Å². The van der Waals surface area contributed by atoms with Gasteiger partial charge in [-0.3, -0.25) is 9.30 Å². The first kappa shape index (κ1) is 25.2. The van der Waals surface area contributed by atoms with Crippen molar-refractivity contribution >= 4 is 34.1 Å². The third-order valence-electron chi connectivity index (χ3n) is 7.59. The van der Waals surface area contributed by atoms with E-state index >= 15 is 0 Å². The Hall–Kier alpha value is -4.05. The Morgan fingerprint density at radius 2 is 1.64 bits per heavy atom. The highest BCUT2D eigenvalue weighted by Gasteiger charge is 2.27. The van der Waals surface area contributed by atoms with Gasteiger partial charge in [0.25, 0.3) is 0 Å². The van der Waals surface area contributed by atoms with E-state index in [0.717, 1.165) is 73.0 Å². The molecule has 0 radical (unpaired) electrons. The zero-order chi connectivity index (χ0) is 26.8. The molecule has 0 unspecified atom stereocenters. The minimum atomic E-state index is 0.632. The lowest BCUT2D eigenvalue weighted by Crippen LogP contribution is -2.48. The standard InChI is InChI=1S/C32H30ClN5O/c1-23-27(21-24-7-3-2-4-8-24)32(38-30-10-6-5-9-29(30)35-31(38)28(23)22-34)37-17-15-36(16-18-37)19-20-39-26-13-11-25(33)12-14-26/h2-14H,15-21H2,1H3. The van der Waals surface area contributed by atoms with Crippen LogP contribution in [0.25, 0.3) is 16.7 Å². The number of ether oxygens (including phenoxy) is 1. The maximum atomic E-state index is 10.2. The number of imidazole rings is 1. The zero-order valence-corrected chi connectivity index (χ0v) is 22.7. The van der Waals surface area contributed by atoms with E-state index in [-0.39, 0.29) is 0 Å². The predicted octanol–water partition coefficient (Wildman–Crippen LogP) is 6.11. The van der Waals surface area contributed by atoms with Crippen molar-refractivity contribution in [3.63, 3.8) is 0 Å². The fourth-order valence-electron chi connectivity index (χ4n) is 5.51. The van der Waals surface area contributed by atoms with Gasteiger partial charge in [-0.2, -0.15) is 5.26 Å². The van der Waals surface area contributed by atoms with Crippen LogP contribution in [-0.2, 0) is 6.42 Å². The molecule has 1 aliphatic rings. The first-order chi connectivity index (χ1) is 19.1. The number of hydrogen-bond acceptors (Lipinski definition) is 5. The molecule has 5 aromatic rings. The Kier molecular flexibility index (Phi) is 7.10. The number of rotatable bonds is 7. The summed E-state index contributed by atoms with van der Waals surface area (Å²) >= 11 is 5.99. The van der Waals surface area contributed by atoms with E-state index in [4.69, 9.17) is 21.3 Å². The second-order valence-electron chi connectivity index (χ2n) is 9.97. The molecule has 196 valence electrons. The number of benzene rings is 3. The number of para-hydroxylation sites is 2. The molecule has 3 heterocycles. The summed E-state index contributed by atoms with van der Waals surface area (Å²) in [5, 5.41) is 10.9. The van der Waals surface area contributed by atoms with Gasteiger partial charge in [0.1, 0.15) is 24.2 Å². The van der Waals surface area contributed by atoms with Crippen molar-refractivity contribution in [2.45, 2.75) is 13.3 Å². The molecule has 39 heavy (non-hydrogen) atoms. The molecular weight excluding hydrogens is 506 g/mol. The molecule has 7 heteroatoms. The van der Waals surface area contributed by atoms with Gasteiger partial charge in [0.2, 0.25) is 0 Å². The second-order valence-corrected chi connectivity index (χ2v) is 10.4. The number of pyridine rings is 1. The monoisotopic (exact) mass is 535 g/mol. The van der Waals surface area contributed by atoms with E-state index in [9.17, 15) is 5.26 Å². The van der Waals surface area contributed by atoms with Crippen molar-refractivity contribution in [3.8, 4) is 11.8 Å². The van der Waals surface area contributed by atoms with Crippen LogP contribution in [0.3, 0.4) is 0 Å². The maximum Gasteiger partial charge on any atom is 0.157 e. The molecule has 2 aromatic heterocycles. The first-order valence-electron chi connectivity index (χ1n) is 13.3. The van der Waals surface area contributed by atoms with E-state index in [1.165, 1.54) is 11.1 Å².